The molecular weight excluding hydrogens is 368 g/mol. The fraction of sp³-hybridized carbons (Fsp3) is 0.400. The molecule has 28 heavy (non-hydrogen) atoms. The summed E-state index contributed by atoms with van der Waals surface area (Å²) >= 11 is 0. The van der Waals surface area contributed by atoms with Crippen molar-refractivity contribution in [2.24, 2.45) is 0 Å². The monoisotopic (exact) mass is 392 g/mol. The third kappa shape index (κ3) is 5.58. The van der Waals surface area contributed by atoms with E-state index in [1.165, 1.54) is 12.1 Å². The van der Waals surface area contributed by atoms with Crippen molar-refractivity contribution in [2.45, 2.75) is 0 Å². The molecule has 8 nitrogen and oxygen atoms in total. The van der Waals surface area contributed by atoms with Crippen molar-refractivity contribution < 1.29 is 38.6 Å². The lowest BCUT2D eigenvalue weighted by Crippen LogP contribution is -2.15. The molecule has 0 aliphatic carbocycles. The predicted molar refractivity (Wildman–Crippen MR) is 99.8 cm³/mol. The van der Waals surface area contributed by atoms with Crippen molar-refractivity contribution in [3.8, 4) is 34.5 Å². The van der Waals surface area contributed by atoms with Crippen molar-refractivity contribution in [1.29, 1.82) is 0 Å². The average molecular weight is 392 g/mol. The van der Waals surface area contributed by atoms with Crippen LogP contribution < -0.4 is 18.9 Å². The van der Waals surface area contributed by atoms with Gasteiger partial charge >= 0.3 is 0 Å². The van der Waals surface area contributed by atoms with Gasteiger partial charge in [-0.2, -0.15) is 0 Å². The van der Waals surface area contributed by atoms with Crippen LogP contribution in [0.15, 0.2) is 36.4 Å². The zero-order valence-electron chi connectivity index (χ0n) is 15.5. The van der Waals surface area contributed by atoms with Crippen molar-refractivity contribution >= 4 is 0 Å². The molecule has 1 aliphatic rings. The zero-order chi connectivity index (χ0) is 19.6. The number of fused-ring (bicyclic) bond motifs is 2. The number of phenolic OH excluding ortho intramolecular Hbond substituents is 2. The first-order valence-corrected chi connectivity index (χ1v) is 9.06. The summed E-state index contributed by atoms with van der Waals surface area (Å²) in [6.45, 7) is 2.31. The summed E-state index contributed by atoms with van der Waals surface area (Å²) in [6.07, 6.45) is 0. The number of aromatic hydroxyl groups is 2. The van der Waals surface area contributed by atoms with E-state index in [0.29, 0.717) is 37.9 Å². The van der Waals surface area contributed by atoms with Crippen LogP contribution in [0, 0.1) is 0 Å². The smallest absolute Gasteiger partial charge is 0.203 e. The molecule has 2 aromatic carbocycles. The maximum Gasteiger partial charge on any atom is 0.203 e. The molecule has 0 atom stereocenters. The van der Waals surface area contributed by atoms with Crippen molar-refractivity contribution in [3.63, 3.8) is 0 Å². The summed E-state index contributed by atoms with van der Waals surface area (Å²) in [5.41, 5.74) is 0. The van der Waals surface area contributed by atoms with Crippen LogP contribution in [-0.4, -0.2) is 63.1 Å². The van der Waals surface area contributed by atoms with Gasteiger partial charge in [0, 0.05) is 0 Å². The highest BCUT2D eigenvalue weighted by atomic mass is 16.6. The maximum atomic E-state index is 9.99. The van der Waals surface area contributed by atoms with E-state index in [1.807, 2.05) is 0 Å². The standard InChI is InChI=1S/C20H24O8/c21-15-3-1-5-17-19(15)27-13-9-24-10-14-28-20-16(22)4-2-6-18(20)26-12-8-23-7-11-25-17/h1-6,21-22H,7-14H2. The minimum atomic E-state index is -0.00311. The van der Waals surface area contributed by atoms with Crippen LogP contribution in [0.5, 0.6) is 34.5 Å². The van der Waals surface area contributed by atoms with E-state index in [1.54, 1.807) is 24.3 Å². The Bertz CT molecular complexity index is 687. The van der Waals surface area contributed by atoms with Gasteiger partial charge in [-0.25, -0.2) is 0 Å². The minimum absolute atomic E-state index is 0.00311. The number of ether oxygens (including phenoxy) is 6. The number of hydrogen-bond acceptors (Lipinski definition) is 8. The molecule has 0 saturated heterocycles. The average Bonchev–Trinajstić information content (AvgIpc) is 2.69. The molecule has 0 radical (unpaired) electrons. The minimum Gasteiger partial charge on any atom is -0.504 e. The van der Waals surface area contributed by atoms with E-state index in [9.17, 15) is 10.2 Å². The molecule has 0 amide bonds. The largest absolute Gasteiger partial charge is 0.504 e. The molecule has 1 aliphatic heterocycles. The highest BCUT2D eigenvalue weighted by molar-refractivity contribution is 5.51. The van der Waals surface area contributed by atoms with Crippen molar-refractivity contribution in [2.75, 3.05) is 52.9 Å². The van der Waals surface area contributed by atoms with Gasteiger partial charge < -0.3 is 38.6 Å². The number of para-hydroxylation sites is 2. The van der Waals surface area contributed by atoms with Crippen LogP contribution in [0.4, 0.5) is 0 Å². The predicted octanol–water partition coefficient (Wildman–Crippen LogP) is 2.36. The number of benzene rings is 2. The Labute approximate surface area is 163 Å². The van der Waals surface area contributed by atoms with Gasteiger partial charge in [-0.1, -0.05) is 12.1 Å². The summed E-state index contributed by atoms with van der Waals surface area (Å²) in [5, 5.41) is 20.0. The highest BCUT2D eigenvalue weighted by Crippen LogP contribution is 2.37. The van der Waals surface area contributed by atoms with E-state index in [0.717, 1.165) is 0 Å². The Morgan fingerprint density at radius 1 is 0.500 bits per heavy atom. The van der Waals surface area contributed by atoms with Crippen LogP contribution in [0.3, 0.4) is 0 Å². The Kier molecular flexibility index (Phi) is 7.45. The third-order valence-corrected chi connectivity index (χ3v) is 3.83. The highest BCUT2D eigenvalue weighted by Gasteiger charge is 2.12. The molecule has 1 heterocycles. The molecule has 0 saturated carbocycles. The SMILES string of the molecule is Oc1cccc2c1OCCOCCOc1c(O)cccc1OCCOCCO2. The molecule has 0 unspecified atom stereocenters. The molecule has 0 spiro atoms. The van der Waals surface area contributed by atoms with Gasteiger partial charge in [0.15, 0.2) is 23.0 Å². The van der Waals surface area contributed by atoms with E-state index in [2.05, 4.69) is 0 Å². The second kappa shape index (κ2) is 10.5. The molecule has 2 aromatic rings. The van der Waals surface area contributed by atoms with Gasteiger partial charge in [-0.05, 0) is 24.3 Å². The number of hydrogen-bond donors (Lipinski definition) is 2. The van der Waals surface area contributed by atoms with Crippen LogP contribution in [-0.2, 0) is 9.47 Å². The zero-order valence-corrected chi connectivity index (χ0v) is 15.5. The Balaban J connectivity index is 1.62. The lowest BCUT2D eigenvalue weighted by Gasteiger charge is -2.16. The van der Waals surface area contributed by atoms with E-state index in [-0.39, 0.29) is 49.4 Å². The fourth-order valence-electron chi connectivity index (χ4n) is 2.56. The number of rotatable bonds is 0. The van der Waals surface area contributed by atoms with Gasteiger partial charge in [0.1, 0.15) is 26.4 Å². The topological polar surface area (TPSA) is 95.8 Å². The van der Waals surface area contributed by atoms with Gasteiger partial charge in [0.2, 0.25) is 11.5 Å². The first-order chi connectivity index (χ1) is 13.8. The lowest BCUT2D eigenvalue weighted by molar-refractivity contribution is 0.0629. The Morgan fingerprint density at radius 2 is 0.893 bits per heavy atom. The van der Waals surface area contributed by atoms with E-state index < -0.39 is 0 Å². The van der Waals surface area contributed by atoms with Crippen molar-refractivity contribution in [1.82, 2.24) is 0 Å². The van der Waals surface area contributed by atoms with Gasteiger partial charge in [0.25, 0.3) is 0 Å². The summed E-state index contributed by atoms with van der Waals surface area (Å²) in [4.78, 5) is 0. The van der Waals surface area contributed by atoms with Gasteiger partial charge in [-0.15, -0.1) is 0 Å². The first-order valence-electron chi connectivity index (χ1n) is 9.06. The summed E-state index contributed by atoms with van der Waals surface area (Å²) < 4.78 is 33.4. The molecule has 0 bridgehead atoms. The quantitative estimate of drug-likeness (QED) is 0.706. The van der Waals surface area contributed by atoms with Crippen LogP contribution in [0.2, 0.25) is 0 Å². The Morgan fingerprint density at radius 3 is 1.32 bits per heavy atom. The Hall–Kier alpha value is -2.84. The second-order valence-corrected chi connectivity index (χ2v) is 5.83. The molecule has 152 valence electrons. The van der Waals surface area contributed by atoms with E-state index >= 15 is 0 Å². The van der Waals surface area contributed by atoms with Crippen molar-refractivity contribution in [3.05, 3.63) is 36.4 Å². The molecule has 3 rings (SSSR count). The second-order valence-electron chi connectivity index (χ2n) is 5.83. The summed E-state index contributed by atoms with van der Waals surface area (Å²) in [7, 11) is 0. The maximum absolute atomic E-state index is 9.99. The normalized spacial score (nSPS) is 16.6. The van der Waals surface area contributed by atoms with Crippen LogP contribution in [0.1, 0.15) is 0 Å². The fourth-order valence-corrected chi connectivity index (χ4v) is 2.56. The molecular formula is C20H24O8. The summed E-state index contributed by atoms with van der Waals surface area (Å²) in [6, 6.07) is 9.85. The molecule has 2 N–H and O–H groups in total. The van der Waals surface area contributed by atoms with Gasteiger partial charge in [-0.3, -0.25) is 0 Å². The number of phenols is 2. The third-order valence-electron chi connectivity index (χ3n) is 3.83. The molecule has 0 aromatic heterocycles. The first kappa shape index (κ1) is 19.9. The van der Waals surface area contributed by atoms with Gasteiger partial charge in [0.05, 0.1) is 26.4 Å². The van der Waals surface area contributed by atoms with Crippen LogP contribution >= 0.6 is 0 Å². The summed E-state index contributed by atoms with van der Waals surface area (Å²) in [5.74, 6) is 1.41. The lowest BCUT2D eigenvalue weighted by atomic mass is 10.3. The molecule has 8 heteroatoms. The van der Waals surface area contributed by atoms with E-state index in [4.69, 9.17) is 28.4 Å². The van der Waals surface area contributed by atoms with Crippen LogP contribution in [0.25, 0.3) is 0 Å². The molecule has 0 fully saturated rings.